The first-order valence-electron chi connectivity index (χ1n) is 15.0. The van der Waals surface area contributed by atoms with Gasteiger partial charge >= 0.3 is 11.9 Å². The average molecular weight is 707 g/mol. The molecule has 0 fully saturated rings. The lowest BCUT2D eigenvalue weighted by Crippen LogP contribution is -2.06. The summed E-state index contributed by atoms with van der Waals surface area (Å²) in [6.07, 6.45) is 1.16. The van der Waals surface area contributed by atoms with E-state index in [0.717, 1.165) is 60.8 Å². The van der Waals surface area contributed by atoms with Crippen molar-refractivity contribution in [3.63, 3.8) is 0 Å². The van der Waals surface area contributed by atoms with E-state index in [1.54, 1.807) is 23.5 Å². The molecule has 0 aliphatic rings. The van der Waals surface area contributed by atoms with Gasteiger partial charge in [-0.1, -0.05) is 45.6 Å². The van der Waals surface area contributed by atoms with Crippen molar-refractivity contribution in [2.24, 2.45) is 10.3 Å². The monoisotopic (exact) mass is 705 g/mol. The molecule has 0 saturated carbocycles. The normalized spacial score (nSPS) is 12.1. The number of thioether (sulfide) groups is 2. The van der Waals surface area contributed by atoms with Crippen molar-refractivity contribution in [3.05, 3.63) is 106 Å². The van der Waals surface area contributed by atoms with E-state index in [1.165, 1.54) is 13.8 Å². The third kappa shape index (κ3) is 9.20. The number of nitrogens with zero attached hydrogens (tertiary/aromatic N) is 3. The second kappa shape index (κ2) is 16.4. The van der Waals surface area contributed by atoms with Crippen molar-refractivity contribution < 1.29 is 19.3 Å². The van der Waals surface area contributed by atoms with Gasteiger partial charge in [-0.25, -0.2) is 9.59 Å². The van der Waals surface area contributed by atoms with Gasteiger partial charge in [-0.15, -0.1) is 23.5 Å². The number of hydrogen-bond acceptors (Lipinski definition) is 8. The molecule has 0 bridgehead atoms. The van der Waals surface area contributed by atoms with Crippen LogP contribution in [-0.2, 0) is 25.8 Å². The van der Waals surface area contributed by atoms with E-state index in [-0.39, 0.29) is 0 Å². The Morgan fingerprint density at radius 3 is 1.43 bits per heavy atom. The van der Waals surface area contributed by atoms with Gasteiger partial charge in [0.1, 0.15) is 0 Å². The number of halogens is 2. The molecule has 0 spiro atoms. The van der Waals surface area contributed by atoms with Gasteiger partial charge in [0.05, 0.1) is 11.4 Å². The molecule has 0 saturated heterocycles. The van der Waals surface area contributed by atoms with Crippen molar-refractivity contribution in [3.8, 4) is 0 Å². The first-order chi connectivity index (χ1) is 22.7. The summed E-state index contributed by atoms with van der Waals surface area (Å²) in [7, 11) is 0. The van der Waals surface area contributed by atoms with E-state index < -0.39 is 11.9 Å². The Hall–Kier alpha value is -3.76. The zero-order valence-corrected chi connectivity index (χ0v) is 29.3. The minimum Gasteiger partial charge on any atom is -0.341 e. The first kappa shape index (κ1) is 34.6. The SMILES string of the molecule is CCn1c2ccc(/C(CCSc3ccc(Cl)cc3)=N/OC(C)=O)cc2c2cc(/C(CCSc3ccc(Cl)cc3)=N/OC(C)=O)ccc21. The predicted octanol–water partition coefficient (Wildman–Crippen LogP) is 10.0. The molecule has 47 heavy (non-hydrogen) atoms. The molecule has 0 atom stereocenters. The second-order valence-corrected chi connectivity index (χ2v) is 13.8. The van der Waals surface area contributed by atoms with Gasteiger partial charge in [-0.3, -0.25) is 0 Å². The molecule has 0 N–H and O–H groups in total. The minimum absolute atomic E-state index is 0.477. The maximum absolute atomic E-state index is 11.7. The molecule has 1 heterocycles. The molecule has 0 aliphatic carbocycles. The van der Waals surface area contributed by atoms with Crippen LogP contribution >= 0.6 is 46.7 Å². The molecule has 0 amide bonds. The van der Waals surface area contributed by atoms with E-state index >= 15 is 0 Å². The van der Waals surface area contributed by atoms with Gasteiger partial charge in [0.2, 0.25) is 0 Å². The molecule has 5 rings (SSSR count). The highest BCUT2D eigenvalue weighted by atomic mass is 35.5. The fourth-order valence-corrected chi connectivity index (χ4v) is 7.09. The fourth-order valence-electron chi connectivity index (χ4n) is 5.12. The van der Waals surface area contributed by atoms with Crippen LogP contribution < -0.4 is 0 Å². The average Bonchev–Trinajstić information content (AvgIpc) is 3.38. The molecule has 0 unspecified atom stereocenters. The van der Waals surface area contributed by atoms with E-state index in [9.17, 15) is 9.59 Å². The third-order valence-electron chi connectivity index (χ3n) is 7.26. The van der Waals surface area contributed by atoms with E-state index in [4.69, 9.17) is 32.9 Å². The number of benzene rings is 4. The molecule has 0 radical (unpaired) electrons. The van der Waals surface area contributed by atoms with Crippen molar-refractivity contribution >= 4 is 91.9 Å². The third-order valence-corrected chi connectivity index (χ3v) is 9.79. The van der Waals surface area contributed by atoms with Crippen LogP contribution in [0.3, 0.4) is 0 Å². The summed E-state index contributed by atoms with van der Waals surface area (Å²) in [6, 6.07) is 27.8. The largest absolute Gasteiger partial charge is 0.341 e. The smallest absolute Gasteiger partial charge is 0.331 e. The molecular formula is C36H33Cl2N3O4S2. The summed E-state index contributed by atoms with van der Waals surface area (Å²) in [4.78, 5) is 35.8. The maximum Gasteiger partial charge on any atom is 0.331 e. The van der Waals surface area contributed by atoms with E-state index in [0.29, 0.717) is 34.3 Å². The van der Waals surface area contributed by atoms with Crippen LogP contribution in [0.25, 0.3) is 21.8 Å². The lowest BCUT2D eigenvalue weighted by atomic mass is 10.0. The van der Waals surface area contributed by atoms with Crippen LogP contribution in [0, 0.1) is 0 Å². The van der Waals surface area contributed by atoms with Crippen molar-refractivity contribution in [2.75, 3.05) is 11.5 Å². The van der Waals surface area contributed by atoms with Crippen LogP contribution in [0.2, 0.25) is 10.0 Å². The quantitative estimate of drug-likeness (QED) is 0.0525. The summed E-state index contributed by atoms with van der Waals surface area (Å²) in [5, 5.41) is 11.9. The Labute approximate surface area is 292 Å². The standard InChI is InChI=1S/C36H33Cl2N3O4S2/c1-4-41-35-15-5-25(33(39-44-23(2)42)17-19-46-29-11-7-27(37)8-12-29)21-31(35)32-22-26(6-16-36(32)41)34(40-45-24(3)43)18-20-47-30-13-9-28(38)10-14-30/h5-16,21-22H,4,17-20H2,1-3H3/b39-33+,40-34+. The highest BCUT2D eigenvalue weighted by Gasteiger charge is 2.16. The van der Waals surface area contributed by atoms with Gasteiger partial charge in [0, 0.05) is 97.5 Å². The van der Waals surface area contributed by atoms with Gasteiger partial charge < -0.3 is 14.2 Å². The Balaban J connectivity index is 1.47. The van der Waals surface area contributed by atoms with Crippen molar-refractivity contribution in [1.82, 2.24) is 4.57 Å². The second-order valence-electron chi connectivity index (χ2n) is 10.6. The number of oxime groups is 2. The molecule has 0 aliphatic heterocycles. The Kier molecular flexibility index (Phi) is 12.0. The Morgan fingerprint density at radius 1 is 0.660 bits per heavy atom. The molecular weight excluding hydrogens is 673 g/mol. The molecule has 7 nitrogen and oxygen atoms in total. The van der Waals surface area contributed by atoms with Crippen molar-refractivity contribution in [1.29, 1.82) is 0 Å². The zero-order valence-electron chi connectivity index (χ0n) is 26.2. The number of hydrogen-bond donors (Lipinski definition) is 0. The van der Waals surface area contributed by atoms with Crippen LogP contribution in [0.4, 0.5) is 0 Å². The van der Waals surface area contributed by atoms with Crippen LogP contribution in [0.5, 0.6) is 0 Å². The van der Waals surface area contributed by atoms with E-state index in [2.05, 4.69) is 46.1 Å². The van der Waals surface area contributed by atoms with Gasteiger partial charge in [0.15, 0.2) is 0 Å². The van der Waals surface area contributed by atoms with Crippen LogP contribution in [-0.4, -0.2) is 39.4 Å². The number of aromatic nitrogens is 1. The van der Waals surface area contributed by atoms with Crippen LogP contribution in [0.15, 0.2) is 105 Å². The zero-order chi connectivity index (χ0) is 33.3. The number of aryl methyl sites for hydroxylation is 1. The lowest BCUT2D eigenvalue weighted by Gasteiger charge is -2.08. The number of fused-ring (bicyclic) bond motifs is 3. The fraction of sp³-hybridized carbons (Fsp3) is 0.222. The molecule has 242 valence electrons. The van der Waals surface area contributed by atoms with Gasteiger partial charge in [-0.05, 0) is 79.7 Å². The van der Waals surface area contributed by atoms with Crippen LogP contribution in [0.1, 0.15) is 44.7 Å². The lowest BCUT2D eigenvalue weighted by molar-refractivity contribution is -0.141. The molecule has 11 heteroatoms. The topological polar surface area (TPSA) is 82.2 Å². The first-order valence-corrected chi connectivity index (χ1v) is 17.8. The summed E-state index contributed by atoms with van der Waals surface area (Å²) < 4.78 is 2.26. The summed E-state index contributed by atoms with van der Waals surface area (Å²) in [5.41, 5.74) is 5.22. The van der Waals surface area contributed by atoms with Crippen molar-refractivity contribution in [2.45, 2.75) is 49.9 Å². The van der Waals surface area contributed by atoms with Gasteiger partial charge in [-0.2, -0.15) is 0 Å². The minimum atomic E-state index is -0.477. The Bertz CT molecular complexity index is 1820. The van der Waals surface area contributed by atoms with Gasteiger partial charge in [0.25, 0.3) is 0 Å². The number of rotatable bonds is 13. The predicted molar refractivity (Wildman–Crippen MR) is 195 cm³/mol. The highest BCUT2D eigenvalue weighted by molar-refractivity contribution is 7.99. The molecule has 1 aromatic heterocycles. The number of carbonyl (C=O) groups is 2. The Morgan fingerprint density at radius 2 is 1.06 bits per heavy atom. The summed E-state index contributed by atoms with van der Waals surface area (Å²) in [5.74, 6) is 0.500. The summed E-state index contributed by atoms with van der Waals surface area (Å²) in [6.45, 7) is 5.57. The molecule has 4 aromatic carbocycles. The van der Waals surface area contributed by atoms with E-state index in [1.807, 2.05) is 60.7 Å². The molecule has 5 aromatic rings. The summed E-state index contributed by atoms with van der Waals surface area (Å²) >= 11 is 15.4. The maximum atomic E-state index is 11.7. The number of carbonyl (C=O) groups excluding carboxylic acids is 2. The highest BCUT2D eigenvalue weighted by Crippen LogP contribution is 2.32.